The van der Waals surface area contributed by atoms with E-state index in [0.717, 1.165) is 6.92 Å². The third-order valence-electron chi connectivity index (χ3n) is 3.94. The van der Waals surface area contributed by atoms with Crippen LogP contribution in [0.3, 0.4) is 0 Å². The summed E-state index contributed by atoms with van der Waals surface area (Å²) in [6.45, 7) is 0.749. The molecular formula is C18H14F2N4O2S. The minimum atomic E-state index is -3.10. The number of halogens is 2. The zero-order valence-electron chi connectivity index (χ0n) is 14.1. The molecule has 6 nitrogen and oxygen atoms in total. The first kappa shape index (κ1) is 17.5. The zero-order valence-corrected chi connectivity index (χ0v) is 14.9. The summed E-state index contributed by atoms with van der Waals surface area (Å²) in [5, 5.41) is 11.1. The minimum absolute atomic E-state index is 0.0975. The third-order valence-corrected chi connectivity index (χ3v) is 5.02. The van der Waals surface area contributed by atoms with Crippen molar-refractivity contribution in [3.63, 3.8) is 0 Å². The number of nitrogens with zero attached hydrogens (tertiary/aromatic N) is 3. The van der Waals surface area contributed by atoms with Crippen LogP contribution in [0.15, 0.2) is 47.0 Å². The summed E-state index contributed by atoms with van der Waals surface area (Å²) < 4.78 is 31.9. The van der Waals surface area contributed by atoms with Gasteiger partial charge in [0.25, 0.3) is 0 Å². The fourth-order valence-electron chi connectivity index (χ4n) is 2.58. The molecule has 0 aliphatic carbocycles. The van der Waals surface area contributed by atoms with Gasteiger partial charge in [0.05, 0.1) is 11.1 Å². The molecule has 4 rings (SSSR count). The molecule has 9 heteroatoms. The van der Waals surface area contributed by atoms with Crippen molar-refractivity contribution in [2.45, 2.75) is 19.0 Å². The Morgan fingerprint density at radius 2 is 2.04 bits per heavy atom. The standard InChI is InChI=1S/C18H14F2N4O2S/c1-18(19,20)13-6-5-11(26-13)16-23-15(21)9-8-12(27-17(9)24-16)14(25)10-4-2-3-7-22-10/h2-8,14,25H,1H3,(H2,21,23,24). The minimum Gasteiger partial charge on any atom is -0.451 e. The molecule has 3 N–H and O–H groups in total. The van der Waals surface area contributed by atoms with Gasteiger partial charge in [-0.1, -0.05) is 6.07 Å². The normalized spacial score (nSPS) is 13.2. The Morgan fingerprint density at radius 3 is 2.70 bits per heavy atom. The van der Waals surface area contributed by atoms with E-state index in [1.54, 1.807) is 30.5 Å². The van der Waals surface area contributed by atoms with Gasteiger partial charge in [-0.05, 0) is 30.3 Å². The van der Waals surface area contributed by atoms with Crippen LogP contribution in [-0.4, -0.2) is 20.1 Å². The molecule has 0 aromatic carbocycles. The maximum absolute atomic E-state index is 13.4. The molecule has 0 saturated carbocycles. The number of rotatable bonds is 4. The Labute approximate surface area is 156 Å². The van der Waals surface area contributed by atoms with Crippen molar-refractivity contribution in [3.05, 3.63) is 58.9 Å². The highest BCUT2D eigenvalue weighted by Gasteiger charge is 2.29. The summed E-state index contributed by atoms with van der Waals surface area (Å²) >= 11 is 1.22. The molecule has 0 amide bonds. The zero-order chi connectivity index (χ0) is 19.2. The molecular weight excluding hydrogens is 374 g/mol. The average Bonchev–Trinajstić information content (AvgIpc) is 3.29. The molecule has 0 saturated heterocycles. The van der Waals surface area contributed by atoms with E-state index in [0.29, 0.717) is 20.8 Å². The first-order chi connectivity index (χ1) is 12.8. The van der Waals surface area contributed by atoms with Crippen LogP contribution in [0.25, 0.3) is 21.8 Å². The number of thiophene rings is 1. The molecule has 138 valence electrons. The van der Waals surface area contributed by atoms with E-state index < -0.39 is 17.8 Å². The van der Waals surface area contributed by atoms with Gasteiger partial charge in [0, 0.05) is 18.0 Å². The average molecular weight is 388 g/mol. The van der Waals surface area contributed by atoms with Crippen LogP contribution in [0.4, 0.5) is 14.6 Å². The van der Waals surface area contributed by atoms with Gasteiger partial charge in [0.2, 0.25) is 0 Å². The molecule has 0 aliphatic rings. The Hall–Kier alpha value is -2.91. The van der Waals surface area contributed by atoms with E-state index in [1.807, 2.05) is 0 Å². The first-order valence-corrected chi connectivity index (χ1v) is 8.79. The number of fused-ring (bicyclic) bond motifs is 1. The number of nitrogen functional groups attached to an aromatic ring is 1. The van der Waals surface area contributed by atoms with Gasteiger partial charge in [-0.25, -0.2) is 9.97 Å². The summed E-state index contributed by atoms with van der Waals surface area (Å²) in [6.07, 6.45) is 0.665. The smallest absolute Gasteiger partial charge is 0.301 e. The van der Waals surface area contributed by atoms with Gasteiger partial charge in [0.1, 0.15) is 16.8 Å². The number of pyridine rings is 1. The van der Waals surface area contributed by atoms with E-state index in [1.165, 1.54) is 23.5 Å². The van der Waals surface area contributed by atoms with Crippen LogP contribution in [0.2, 0.25) is 0 Å². The van der Waals surface area contributed by atoms with Crippen LogP contribution in [-0.2, 0) is 5.92 Å². The second-order valence-electron chi connectivity index (χ2n) is 6.01. The highest BCUT2D eigenvalue weighted by atomic mass is 32.1. The molecule has 4 aromatic heterocycles. The molecule has 1 atom stereocenters. The Balaban J connectivity index is 1.75. The largest absolute Gasteiger partial charge is 0.451 e. The number of nitrogens with two attached hydrogens (primary N) is 1. The van der Waals surface area contributed by atoms with Crippen molar-refractivity contribution in [1.82, 2.24) is 15.0 Å². The lowest BCUT2D eigenvalue weighted by molar-refractivity contribution is -0.00473. The van der Waals surface area contributed by atoms with Gasteiger partial charge >= 0.3 is 5.92 Å². The van der Waals surface area contributed by atoms with Crippen LogP contribution < -0.4 is 5.73 Å². The maximum atomic E-state index is 13.4. The molecule has 4 heterocycles. The number of aromatic nitrogens is 3. The van der Waals surface area contributed by atoms with Gasteiger partial charge in [-0.3, -0.25) is 4.98 Å². The van der Waals surface area contributed by atoms with Gasteiger partial charge < -0.3 is 15.3 Å². The monoisotopic (exact) mass is 388 g/mol. The summed E-state index contributed by atoms with van der Waals surface area (Å²) in [4.78, 5) is 13.8. The molecule has 0 radical (unpaired) electrons. The predicted molar refractivity (Wildman–Crippen MR) is 97.4 cm³/mol. The summed E-state index contributed by atoms with van der Waals surface area (Å²) in [5.74, 6) is -3.20. The molecule has 1 unspecified atom stereocenters. The van der Waals surface area contributed by atoms with Gasteiger partial charge in [-0.2, -0.15) is 8.78 Å². The molecule has 27 heavy (non-hydrogen) atoms. The van der Waals surface area contributed by atoms with Gasteiger partial charge in [-0.15, -0.1) is 11.3 Å². The maximum Gasteiger partial charge on any atom is 0.301 e. The second kappa shape index (κ2) is 6.36. The number of aliphatic hydroxyl groups is 1. The fourth-order valence-corrected chi connectivity index (χ4v) is 3.62. The van der Waals surface area contributed by atoms with Crippen molar-refractivity contribution >= 4 is 27.4 Å². The molecule has 4 aromatic rings. The Morgan fingerprint density at radius 1 is 1.22 bits per heavy atom. The highest BCUT2D eigenvalue weighted by Crippen LogP contribution is 2.36. The molecule has 0 aliphatic heterocycles. The number of alkyl halides is 2. The second-order valence-corrected chi connectivity index (χ2v) is 7.07. The van der Waals surface area contributed by atoms with Crippen LogP contribution >= 0.6 is 11.3 Å². The van der Waals surface area contributed by atoms with E-state index in [4.69, 9.17) is 10.2 Å². The fraction of sp³-hybridized carbons (Fsp3) is 0.167. The molecule has 0 fully saturated rings. The Kier molecular flexibility index (Phi) is 4.12. The summed E-state index contributed by atoms with van der Waals surface area (Å²) in [6, 6.07) is 9.52. The van der Waals surface area contributed by atoms with E-state index in [9.17, 15) is 13.9 Å². The predicted octanol–water partition coefficient (Wildman–Crippen LogP) is 4.12. The van der Waals surface area contributed by atoms with E-state index in [2.05, 4.69) is 15.0 Å². The topological polar surface area (TPSA) is 98.1 Å². The lowest BCUT2D eigenvalue weighted by Gasteiger charge is -2.06. The SMILES string of the molecule is CC(F)(F)c1ccc(-c2nc(N)c3cc(C(O)c4ccccn4)sc3n2)o1. The highest BCUT2D eigenvalue weighted by molar-refractivity contribution is 7.18. The number of furan rings is 1. The van der Waals surface area contributed by atoms with Gasteiger partial charge in [0.15, 0.2) is 17.3 Å². The van der Waals surface area contributed by atoms with E-state index >= 15 is 0 Å². The third kappa shape index (κ3) is 3.26. The first-order valence-electron chi connectivity index (χ1n) is 7.97. The molecule has 0 spiro atoms. The van der Waals surface area contributed by atoms with Crippen molar-refractivity contribution in [3.8, 4) is 11.6 Å². The number of aliphatic hydroxyl groups excluding tert-OH is 1. The number of hydrogen-bond donors (Lipinski definition) is 2. The quantitative estimate of drug-likeness (QED) is 0.546. The lowest BCUT2D eigenvalue weighted by Crippen LogP contribution is -2.04. The molecule has 0 bridgehead atoms. The lowest BCUT2D eigenvalue weighted by atomic mass is 10.2. The van der Waals surface area contributed by atoms with Crippen molar-refractivity contribution in [2.24, 2.45) is 0 Å². The number of hydrogen-bond acceptors (Lipinski definition) is 7. The Bertz CT molecular complexity index is 1110. The van der Waals surface area contributed by atoms with E-state index in [-0.39, 0.29) is 17.4 Å². The number of anilines is 1. The summed E-state index contributed by atoms with van der Waals surface area (Å²) in [5.41, 5.74) is 6.50. The van der Waals surface area contributed by atoms with Crippen molar-refractivity contribution in [1.29, 1.82) is 0 Å². The van der Waals surface area contributed by atoms with Crippen molar-refractivity contribution < 1.29 is 18.3 Å². The van der Waals surface area contributed by atoms with Crippen LogP contribution in [0.1, 0.15) is 29.4 Å². The van der Waals surface area contributed by atoms with Crippen molar-refractivity contribution in [2.75, 3.05) is 5.73 Å². The van der Waals surface area contributed by atoms with Crippen LogP contribution in [0.5, 0.6) is 0 Å². The van der Waals surface area contributed by atoms with Crippen LogP contribution in [0, 0.1) is 0 Å². The summed E-state index contributed by atoms with van der Waals surface area (Å²) in [7, 11) is 0.